The van der Waals surface area contributed by atoms with E-state index in [1.165, 1.54) is 0 Å². The number of hydrogen-bond acceptors (Lipinski definition) is 3. The monoisotopic (exact) mass is 259 g/mol. The summed E-state index contributed by atoms with van der Waals surface area (Å²) in [7, 11) is 1.94. The van der Waals surface area contributed by atoms with Gasteiger partial charge in [0.05, 0.1) is 24.9 Å². The number of anilines is 1. The molecule has 1 atom stereocenters. The number of rotatable bonds is 6. The molecule has 2 aromatic rings. The fraction of sp³-hybridized carbons (Fsp3) is 0.400. The van der Waals surface area contributed by atoms with Crippen LogP contribution in [0, 0.1) is 0 Å². The zero-order valence-electron chi connectivity index (χ0n) is 11.5. The molecule has 0 aliphatic carbocycles. The van der Waals surface area contributed by atoms with Crippen LogP contribution in [0.3, 0.4) is 0 Å². The van der Waals surface area contributed by atoms with Crippen molar-refractivity contribution >= 4 is 5.69 Å². The van der Waals surface area contributed by atoms with Crippen molar-refractivity contribution in [1.29, 1.82) is 0 Å². The minimum absolute atomic E-state index is 0.122. The Morgan fingerprint density at radius 3 is 2.53 bits per heavy atom. The molecular weight excluding hydrogens is 238 g/mol. The predicted octanol–water partition coefficient (Wildman–Crippen LogP) is 2.20. The van der Waals surface area contributed by atoms with Crippen LogP contribution >= 0.6 is 0 Å². The number of nitrogens with zero attached hydrogens (tertiary/aromatic N) is 3. The number of aliphatic hydroxyl groups excluding tert-OH is 1. The first-order valence-electron chi connectivity index (χ1n) is 6.65. The Labute approximate surface area is 114 Å². The van der Waals surface area contributed by atoms with Crippen LogP contribution in [-0.2, 0) is 13.6 Å². The summed E-state index contributed by atoms with van der Waals surface area (Å²) < 4.78 is 1.88. The second kappa shape index (κ2) is 6.38. The van der Waals surface area contributed by atoms with Crippen molar-refractivity contribution in [2.24, 2.45) is 7.05 Å². The summed E-state index contributed by atoms with van der Waals surface area (Å²) in [4.78, 5) is 2.23. The molecule has 2 rings (SSSR count). The van der Waals surface area contributed by atoms with Crippen LogP contribution < -0.4 is 4.90 Å². The Bertz CT molecular complexity index is 491. The largest absolute Gasteiger partial charge is 0.394 e. The Hall–Kier alpha value is -1.81. The SMILES string of the molecule is CCC(CO)N(Cc1ccnn1C)c1ccccc1. The molecule has 1 heterocycles. The summed E-state index contributed by atoms with van der Waals surface area (Å²) >= 11 is 0. The van der Waals surface area contributed by atoms with E-state index in [1.54, 1.807) is 6.20 Å². The Balaban J connectivity index is 2.27. The van der Waals surface area contributed by atoms with Gasteiger partial charge in [0, 0.05) is 18.9 Å². The molecule has 0 radical (unpaired) electrons. The van der Waals surface area contributed by atoms with E-state index in [0.29, 0.717) is 0 Å². The maximum absolute atomic E-state index is 9.59. The number of para-hydroxylation sites is 1. The Morgan fingerprint density at radius 2 is 2.00 bits per heavy atom. The Morgan fingerprint density at radius 1 is 1.26 bits per heavy atom. The first kappa shape index (κ1) is 13.6. The number of hydrogen-bond donors (Lipinski definition) is 1. The third kappa shape index (κ3) is 3.15. The molecule has 0 saturated carbocycles. The van der Waals surface area contributed by atoms with E-state index >= 15 is 0 Å². The smallest absolute Gasteiger partial charge is 0.0635 e. The molecule has 4 nitrogen and oxygen atoms in total. The quantitative estimate of drug-likeness (QED) is 0.864. The van der Waals surface area contributed by atoms with Gasteiger partial charge in [0.15, 0.2) is 0 Å². The molecule has 0 fully saturated rings. The molecule has 0 aliphatic heterocycles. The van der Waals surface area contributed by atoms with Crippen LogP contribution in [0.2, 0.25) is 0 Å². The normalized spacial score (nSPS) is 12.4. The molecule has 4 heteroatoms. The summed E-state index contributed by atoms with van der Waals surface area (Å²) in [6.07, 6.45) is 2.71. The van der Waals surface area contributed by atoms with Crippen LogP contribution in [0.4, 0.5) is 5.69 Å². The molecule has 102 valence electrons. The van der Waals surface area contributed by atoms with Crippen LogP contribution in [0.5, 0.6) is 0 Å². The standard InChI is InChI=1S/C15H21N3O/c1-3-13(12-19)18(14-7-5-4-6-8-14)11-15-9-10-16-17(15)2/h4-10,13,19H,3,11-12H2,1-2H3. The van der Waals surface area contributed by atoms with Gasteiger partial charge in [0.2, 0.25) is 0 Å². The first-order valence-corrected chi connectivity index (χ1v) is 6.65. The summed E-state index contributed by atoms with van der Waals surface area (Å²) in [6.45, 7) is 3.00. The zero-order chi connectivity index (χ0) is 13.7. The number of benzene rings is 1. The molecular formula is C15H21N3O. The number of aromatic nitrogens is 2. The topological polar surface area (TPSA) is 41.3 Å². The second-order valence-corrected chi connectivity index (χ2v) is 4.65. The molecule has 0 aliphatic rings. The highest BCUT2D eigenvalue weighted by Crippen LogP contribution is 2.20. The molecule has 1 aromatic carbocycles. The molecule has 0 bridgehead atoms. The highest BCUT2D eigenvalue weighted by Gasteiger charge is 2.17. The van der Waals surface area contributed by atoms with Crippen molar-refractivity contribution in [3.63, 3.8) is 0 Å². The van der Waals surface area contributed by atoms with Crippen LogP contribution in [0.15, 0.2) is 42.6 Å². The van der Waals surface area contributed by atoms with Gasteiger partial charge in [0.25, 0.3) is 0 Å². The fourth-order valence-electron chi connectivity index (χ4n) is 2.23. The van der Waals surface area contributed by atoms with E-state index in [2.05, 4.69) is 29.1 Å². The third-order valence-corrected chi connectivity index (χ3v) is 3.47. The summed E-state index contributed by atoms with van der Waals surface area (Å²) in [6, 6.07) is 12.3. The zero-order valence-corrected chi connectivity index (χ0v) is 11.5. The van der Waals surface area contributed by atoms with Crippen molar-refractivity contribution in [1.82, 2.24) is 9.78 Å². The molecule has 1 unspecified atom stereocenters. The molecule has 0 spiro atoms. The van der Waals surface area contributed by atoms with Gasteiger partial charge in [-0.15, -0.1) is 0 Å². The maximum atomic E-state index is 9.59. The van der Waals surface area contributed by atoms with Gasteiger partial charge in [-0.2, -0.15) is 5.10 Å². The van der Waals surface area contributed by atoms with Crippen LogP contribution in [0.25, 0.3) is 0 Å². The van der Waals surface area contributed by atoms with Gasteiger partial charge in [-0.3, -0.25) is 4.68 Å². The van der Waals surface area contributed by atoms with Crippen molar-refractivity contribution in [2.45, 2.75) is 25.9 Å². The summed E-state index contributed by atoms with van der Waals surface area (Å²) in [5.41, 5.74) is 2.26. The van der Waals surface area contributed by atoms with Gasteiger partial charge < -0.3 is 10.0 Å². The van der Waals surface area contributed by atoms with E-state index in [1.807, 2.05) is 36.0 Å². The maximum Gasteiger partial charge on any atom is 0.0635 e. The van der Waals surface area contributed by atoms with Gasteiger partial charge >= 0.3 is 0 Å². The average Bonchev–Trinajstić information content (AvgIpc) is 2.85. The van der Waals surface area contributed by atoms with Crippen molar-refractivity contribution in [3.8, 4) is 0 Å². The molecule has 0 amide bonds. The third-order valence-electron chi connectivity index (χ3n) is 3.47. The summed E-state index contributed by atoms with van der Waals surface area (Å²) in [5, 5.41) is 13.8. The lowest BCUT2D eigenvalue weighted by Crippen LogP contribution is -2.37. The number of aliphatic hydroxyl groups is 1. The molecule has 1 N–H and O–H groups in total. The minimum Gasteiger partial charge on any atom is -0.394 e. The van der Waals surface area contributed by atoms with E-state index in [4.69, 9.17) is 0 Å². The van der Waals surface area contributed by atoms with Crippen LogP contribution in [0.1, 0.15) is 19.0 Å². The van der Waals surface area contributed by atoms with E-state index < -0.39 is 0 Å². The first-order chi connectivity index (χ1) is 9.26. The molecule has 19 heavy (non-hydrogen) atoms. The van der Waals surface area contributed by atoms with E-state index in [9.17, 15) is 5.11 Å². The lowest BCUT2D eigenvalue weighted by molar-refractivity contribution is 0.254. The highest BCUT2D eigenvalue weighted by atomic mass is 16.3. The van der Waals surface area contributed by atoms with Gasteiger partial charge in [-0.1, -0.05) is 25.1 Å². The highest BCUT2D eigenvalue weighted by molar-refractivity contribution is 5.47. The Kier molecular flexibility index (Phi) is 4.58. The summed E-state index contributed by atoms with van der Waals surface area (Å²) in [5.74, 6) is 0. The van der Waals surface area contributed by atoms with Gasteiger partial charge in [-0.25, -0.2) is 0 Å². The van der Waals surface area contributed by atoms with E-state index in [0.717, 1.165) is 24.3 Å². The van der Waals surface area contributed by atoms with Crippen molar-refractivity contribution in [2.75, 3.05) is 11.5 Å². The van der Waals surface area contributed by atoms with E-state index in [-0.39, 0.29) is 12.6 Å². The lowest BCUT2D eigenvalue weighted by Gasteiger charge is -2.32. The average molecular weight is 259 g/mol. The molecule has 0 saturated heterocycles. The lowest BCUT2D eigenvalue weighted by atomic mass is 10.1. The van der Waals surface area contributed by atoms with Crippen molar-refractivity contribution in [3.05, 3.63) is 48.3 Å². The molecule has 1 aromatic heterocycles. The second-order valence-electron chi connectivity index (χ2n) is 4.65. The number of aryl methyl sites for hydroxylation is 1. The predicted molar refractivity (Wildman–Crippen MR) is 77.0 cm³/mol. The van der Waals surface area contributed by atoms with Gasteiger partial charge in [0.1, 0.15) is 0 Å². The van der Waals surface area contributed by atoms with Gasteiger partial charge in [-0.05, 0) is 24.6 Å². The minimum atomic E-state index is 0.122. The van der Waals surface area contributed by atoms with Crippen LogP contribution in [-0.4, -0.2) is 27.5 Å². The van der Waals surface area contributed by atoms with Crippen molar-refractivity contribution < 1.29 is 5.11 Å². The fourth-order valence-corrected chi connectivity index (χ4v) is 2.23.